The number of carboxylic acids is 1. The van der Waals surface area contributed by atoms with E-state index in [9.17, 15) is 4.79 Å². The first-order chi connectivity index (χ1) is 7.25. The SMILES string of the molecule is O=C(O)c1ccc(O[C@H]2CCNC2)cc1. The summed E-state index contributed by atoms with van der Waals surface area (Å²) in [7, 11) is 0. The largest absolute Gasteiger partial charge is 0.489 e. The molecule has 0 radical (unpaired) electrons. The highest BCUT2D eigenvalue weighted by molar-refractivity contribution is 5.87. The summed E-state index contributed by atoms with van der Waals surface area (Å²) >= 11 is 0. The summed E-state index contributed by atoms with van der Waals surface area (Å²) in [6.07, 6.45) is 1.21. The fourth-order valence-corrected chi connectivity index (χ4v) is 1.60. The van der Waals surface area contributed by atoms with E-state index >= 15 is 0 Å². The van der Waals surface area contributed by atoms with E-state index < -0.39 is 5.97 Å². The van der Waals surface area contributed by atoms with Crippen LogP contribution in [-0.4, -0.2) is 30.3 Å². The Morgan fingerprint density at radius 3 is 2.67 bits per heavy atom. The van der Waals surface area contributed by atoms with E-state index in [1.54, 1.807) is 24.3 Å². The van der Waals surface area contributed by atoms with Gasteiger partial charge in [0.15, 0.2) is 0 Å². The number of nitrogens with one attached hydrogen (secondary N) is 1. The minimum absolute atomic E-state index is 0.209. The molecule has 1 aliphatic heterocycles. The van der Waals surface area contributed by atoms with Crippen molar-refractivity contribution in [3.63, 3.8) is 0 Å². The van der Waals surface area contributed by atoms with Crippen molar-refractivity contribution in [2.45, 2.75) is 12.5 Å². The molecule has 2 rings (SSSR count). The molecule has 0 unspecified atom stereocenters. The third kappa shape index (κ3) is 2.47. The Hall–Kier alpha value is -1.55. The number of ether oxygens (including phenoxy) is 1. The van der Waals surface area contributed by atoms with Crippen LogP contribution < -0.4 is 10.1 Å². The Morgan fingerprint density at radius 1 is 1.40 bits per heavy atom. The Morgan fingerprint density at radius 2 is 2.13 bits per heavy atom. The van der Waals surface area contributed by atoms with E-state index in [1.165, 1.54) is 0 Å². The van der Waals surface area contributed by atoms with E-state index in [2.05, 4.69) is 5.32 Å². The summed E-state index contributed by atoms with van der Waals surface area (Å²) in [6, 6.07) is 6.50. The lowest BCUT2D eigenvalue weighted by atomic mass is 10.2. The zero-order valence-electron chi connectivity index (χ0n) is 8.27. The number of rotatable bonds is 3. The van der Waals surface area contributed by atoms with E-state index in [1.807, 2.05) is 0 Å². The lowest BCUT2D eigenvalue weighted by Crippen LogP contribution is -2.19. The molecule has 0 bridgehead atoms. The number of carbonyl (C=O) groups is 1. The van der Waals surface area contributed by atoms with Gasteiger partial charge in [-0.1, -0.05) is 0 Å². The summed E-state index contributed by atoms with van der Waals surface area (Å²) in [4.78, 5) is 10.6. The number of carboxylic acid groups (broad SMARTS) is 1. The minimum Gasteiger partial charge on any atom is -0.489 e. The standard InChI is InChI=1S/C11H13NO3/c13-11(14)8-1-3-9(4-2-8)15-10-5-6-12-7-10/h1-4,10,12H,5-7H2,(H,13,14)/t10-/m0/s1. The van der Waals surface area contributed by atoms with Gasteiger partial charge in [0.2, 0.25) is 0 Å². The van der Waals surface area contributed by atoms with Crippen molar-refractivity contribution in [1.82, 2.24) is 5.32 Å². The fraction of sp³-hybridized carbons (Fsp3) is 0.364. The molecule has 80 valence electrons. The Kier molecular flexibility index (Phi) is 2.87. The van der Waals surface area contributed by atoms with Crippen LogP contribution in [0, 0.1) is 0 Å². The molecular formula is C11H13NO3. The molecule has 1 saturated heterocycles. The molecule has 0 saturated carbocycles. The summed E-state index contributed by atoms with van der Waals surface area (Å²) in [6.45, 7) is 1.85. The second kappa shape index (κ2) is 4.31. The predicted molar refractivity (Wildman–Crippen MR) is 55.3 cm³/mol. The van der Waals surface area contributed by atoms with Crippen molar-refractivity contribution < 1.29 is 14.6 Å². The van der Waals surface area contributed by atoms with Crippen LogP contribution in [0.3, 0.4) is 0 Å². The maximum atomic E-state index is 10.6. The van der Waals surface area contributed by atoms with Crippen LogP contribution in [-0.2, 0) is 0 Å². The lowest BCUT2D eigenvalue weighted by molar-refractivity contribution is 0.0697. The molecule has 0 spiro atoms. The van der Waals surface area contributed by atoms with Gasteiger partial charge >= 0.3 is 5.97 Å². The van der Waals surface area contributed by atoms with Gasteiger partial charge in [0, 0.05) is 6.54 Å². The average molecular weight is 207 g/mol. The molecule has 1 aromatic rings. The molecule has 1 aliphatic rings. The number of benzene rings is 1. The molecule has 1 fully saturated rings. The molecule has 1 atom stereocenters. The summed E-state index contributed by atoms with van der Waals surface area (Å²) in [5.74, 6) is -0.183. The predicted octanol–water partition coefficient (Wildman–Crippen LogP) is 1.13. The quantitative estimate of drug-likeness (QED) is 0.780. The first-order valence-electron chi connectivity index (χ1n) is 4.96. The van der Waals surface area contributed by atoms with Gasteiger partial charge in [-0.15, -0.1) is 0 Å². The molecule has 4 nitrogen and oxygen atoms in total. The third-order valence-electron chi connectivity index (χ3n) is 2.42. The van der Waals surface area contributed by atoms with Crippen molar-refractivity contribution in [2.24, 2.45) is 0 Å². The molecule has 15 heavy (non-hydrogen) atoms. The van der Waals surface area contributed by atoms with Crippen LogP contribution in [0.4, 0.5) is 0 Å². The number of hydrogen-bond acceptors (Lipinski definition) is 3. The van der Waals surface area contributed by atoms with E-state index in [0.717, 1.165) is 25.3 Å². The smallest absolute Gasteiger partial charge is 0.335 e. The Bertz CT molecular complexity index is 341. The Labute approximate surface area is 87.9 Å². The van der Waals surface area contributed by atoms with E-state index in [0.29, 0.717) is 0 Å². The van der Waals surface area contributed by atoms with Crippen LogP contribution in [0.25, 0.3) is 0 Å². The van der Waals surface area contributed by atoms with Crippen LogP contribution in [0.1, 0.15) is 16.8 Å². The zero-order chi connectivity index (χ0) is 10.7. The van der Waals surface area contributed by atoms with Gasteiger partial charge in [-0.3, -0.25) is 0 Å². The summed E-state index contributed by atoms with van der Waals surface area (Å²) in [5, 5.41) is 11.9. The van der Waals surface area contributed by atoms with Gasteiger partial charge in [-0.25, -0.2) is 4.79 Å². The van der Waals surface area contributed by atoms with E-state index in [-0.39, 0.29) is 11.7 Å². The lowest BCUT2D eigenvalue weighted by Gasteiger charge is -2.12. The summed E-state index contributed by atoms with van der Waals surface area (Å²) < 4.78 is 5.65. The van der Waals surface area contributed by atoms with Crippen molar-refractivity contribution in [3.05, 3.63) is 29.8 Å². The topological polar surface area (TPSA) is 58.6 Å². The van der Waals surface area contributed by atoms with Crippen molar-refractivity contribution >= 4 is 5.97 Å². The highest BCUT2D eigenvalue weighted by Gasteiger charge is 2.15. The molecule has 0 aromatic heterocycles. The molecular weight excluding hydrogens is 194 g/mol. The van der Waals surface area contributed by atoms with E-state index in [4.69, 9.17) is 9.84 Å². The number of aromatic carboxylic acids is 1. The second-order valence-electron chi connectivity index (χ2n) is 3.56. The van der Waals surface area contributed by atoms with Gasteiger partial charge in [0.05, 0.1) is 5.56 Å². The van der Waals surface area contributed by atoms with Crippen LogP contribution in [0.5, 0.6) is 5.75 Å². The molecule has 0 amide bonds. The van der Waals surface area contributed by atoms with Crippen LogP contribution >= 0.6 is 0 Å². The van der Waals surface area contributed by atoms with Gasteiger partial charge < -0.3 is 15.2 Å². The third-order valence-corrected chi connectivity index (χ3v) is 2.42. The highest BCUT2D eigenvalue weighted by Crippen LogP contribution is 2.16. The second-order valence-corrected chi connectivity index (χ2v) is 3.56. The minimum atomic E-state index is -0.913. The molecule has 1 aromatic carbocycles. The van der Waals surface area contributed by atoms with Crippen LogP contribution in [0.2, 0.25) is 0 Å². The maximum Gasteiger partial charge on any atom is 0.335 e. The molecule has 4 heteroatoms. The van der Waals surface area contributed by atoms with Gasteiger partial charge in [-0.05, 0) is 37.2 Å². The van der Waals surface area contributed by atoms with Crippen molar-refractivity contribution in [3.8, 4) is 5.75 Å². The van der Waals surface area contributed by atoms with Crippen molar-refractivity contribution in [2.75, 3.05) is 13.1 Å². The molecule has 2 N–H and O–H groups in total. The normalized spacial score (nSPS) is 20.1. The monoisotopic (exact) mass is 207 g/mol. The average Bonchev–Trinajstić information content (AvgIpc) is 2.71. The fourth-order valence-electron chi connectivity index (χ4n) is 1.60. The van der Waals surface area contributed by atoms with Gasteiger partial charge in [0.1, 0.15) is 11.9 Å². The first-order valence-corrected chi connectivity index (χ1v) is 4.96. The van der Waals surface area contributed by atoms with Gasteiger partial charge in [-0.2, -0.15) is 0 Å². The first kappa shape index (κ1) is 9.98. The molecule has 1 heterocycles. The zero-order valence-corrected chi connectivity index (χ0v) is 8.27. The maximum absolute atomic E-state index is 10.6. The highest BCUT2D eigenvalue weighted by atomic mass is 16.5. The van der Waals surface area contributed by atoms with Crippen molar-refractivity contribution in [1.29, 1.82) is 0 Å². The van der Waals surface area contributed by atoms with Crippen LogP contribution in [0.15, 0.2) is 24.3 Å². The number of hydrogen-bond donors (Lipinski definition) is 2. The molecule has 0 aliphatic carbocycles. The summed E-state index contributed by atoms with van der Waals surface area (Å²) in [5.41, 5.74) is 0.284. The Balaban J connectivity index is 2.00. The van der Waals surface area contributed by atoms with Gasteiger partial charge in [0.25, 0.3) is 0 Å².